The number of aromatic nitrogens is 1. The van der Waals surface area contributed by atoms with Gasteiger partial charge in [0.05, 0.1) is 38.3 Å². The van der Waals surface area contributed by atoms with Crippen molar-refractivity contribution in [2.75, 3.05) is 14.2 Å². The van der Waals surface area contributed by atoms with Gasteiger partial charge in [0, 0.05) is 18.2 Å². The number of rotatable bonds is 5. The number of ketones is 1. The van der Waals surface area contributed by atoms with E-state index in [4.69, 9.17) is 25.8 Å². The van der Waals surface area contributed by atoms with Crippen LogP contribution in [0.4, 0.5) is 0 Å². The summed E-state index contributed by atoms with van der Waals surface area (Å²) in [5.41, 5.74) is 0.205. The Morgan fingerprint density at radius 1 is 1.33 bits per heavy atom. The van der Waals surface area contributed by atoms with Crippen molar-refractivity contribution in [3.63, 3.8) is 0 Å². The molecule has 2 heterocycles. The van der Waals surface area contributed by atoms with E-state index in [1.165, 1.54) is 14.2 Å². The normalized spacial score (nSPS) is 24.8. The quantitative estimate of drug-likeness (QED) is 0.753. The van der Waals surface area contributed by atoms with Gasteiger partial charge in [-0.2, -0.15) is 0 Å². The topological polar surface area (TPSA) is 89.9 Å². The van der Waals surface area contributed by atoms with Crippen LogP contribution in [0, 0.1) is 5.92 Å². The summed E-state index contributed by atoms with van der Waals surface area (Å²) in [6.45, 7) is 2.25. The lowest BCUT2D eigenvalue weighted by atomic mass is 9.74. The minimum atomic E-state index is -1.35. The molecule has 0 fully saturated rings. The summed E-state index contributed by atoms with van der Waals surface area (Å²) in [6.07, 6.45) is 2.99. The third-order valence-corrected chi connectivity index (χ3v) is 6.01. The molecule has 2 aliphatic rings. The summed E-state index contributed by atoms with van der Waals surface area (Å²) in [4.78, 5) is 18.1. The maximum atomic E-state index is 13.8. The van der Waals surface area contributed by atoms with E-state index in [0.717, 1.165) is 5.69 Å². The van der Waals surface area contributed by atoms with Crippen molar-refractivity contribution in [3.05, 3.63) is 58.5 Å². The number of halogens is 1. The van der Waals surface area contributed by atoms with Crippen molar-refractivity contribution in [2.24, 2.45) is 5.92 Å². The third kappa shape index (κ3) is 3.09. The lowest BCUT2D eigenvalue weighted by Gasteiger charge is -2.40. The monoisotopic (exact) mass is 430 g/mol. The van der Waals surface area contributed by atoms with Crippen LogP contribution in [-0.4, -0.2) is 41.8 Å². The molecule has 1 spiro atoms. The maximum Gasteiger partial charge on any atom is 0.220 e. The molecule has 8 heteroatoms. The zero-order valence-corrected chi connectivity index (χ0v) is 17.7. The third-order valence-electron chi connectivity index (χ3n) is 5.65. The molecule has 0 bridgehead atoms. The number of hydrogen-bond donors (Lipinski definition) is 2. The molecule has 158 valence electrons. The number of methoxy groups -OCH3 is 2. The molecule has 4 rings (SSSR count). The number of ether oxygens (including phenoxy) is 3. The largest absolute Gasteiger partial charge is 0.496 e. The number of benzene rings is 1. The average Bonchev–Trinajstić information content (AvgIpc) is 3.06. The van der Waals surface area contributed by atoms with E-state index in [1.54, 1.807) is 18.3 Å². The highest BCUT2D eigenvalue weighted by Crippen LogP contribution is 2.54. The Kier molecular flexibility index (Phi) is 5.34. The first-order chi connectivity index (χ1) is 14.4. The van der Waals surface area contributed by atoms with Crippen LogP contribution in [0.1, 0.15) is 29.4 Å². The zero-order chi connectivity index (χ0) is 21.5. The second-order valence-corrected chi connectivity index (χ2v) is 7.80. The zero-order valence-electron chi connectivity index (χ0n) is 16.9. The molecule has 7 nitrogen and oxygen atoms in total. The summed E-state index contributed by atoms with van der Waals surface area (Å²) in [6, 6.07) is 7.17. The van der Waals surface area contributed by atoms with Crippen molar-refractivity contribution in [2.45, 2.75) is 31.6 Å². The lowest BCUT2D eigenvalue weighted by Crippen LogP contribution is -2.55. The Hall–Kier alpha value is -2.77. The van der Waals surface area contributed by atoms with E-state index in [9.17, 15) is 9.90 Å². The first-order valence-corrected chi connectivity index (χ1v) is 10.0. The number of carbonyl (C=O) groups excluding carboxylic acids is 1. The molecule has 3 atom stereocenters. The van der Waals surface area contributed by atoms with Crippen LogP contribution >= 0.6 is 11.6 Å². The second kappa shape index (κ2) is 7.81. The summed E-state index contributed by atoms with van der Waals surface area (Å²) in [5, 5.41) is 13.8. The number of nitrogens with one attached hydrogen (secondary N) is 1. The van der Waals surface area contributed by atoms with E-state index in [2.05, 4.69) is 10.3 Å². The van der Waals surface area contributed by atoms with Gasteiger partial charge in [-0.05, 0) is 24.6 Å². The number of aliphatic hydroxyl groups is 1. The summed E-state index contributed by atoms with van der Waals surface area (Å²) < 4.78 is 17.1. The van der Waals surface area contributed by atoms with Crippen molar-refractivity contribution < 1.29 is 24.1 Å². The predicted octanol–water partition coefficient (Wildman–Crippen LogP) is 3.14. The molecule has 0 saturated heterocycles. The number of fused-ring (bicyclic) bond motifs is 1. The van der Waals surface area contributed by atoms with Crippen LogP contribution in [-0.2, 0) is 6.54 Å². The molecule has 30 heavy (non-hydrogen) atoms. The van der Waals surface area contributed by atoms with Gasteiger partial charge < -0.3 is 24.6 Å². The van der Waals surface area contributed by atoms with Crippen LogP contribution in [0.2, 0.25) is 5.02 Å². The van der Waals surface area contributed by atoms with E-state index < -0.39 is 11.7 Å². The second-order valence-electron chi connectivity index (χ2n) is 7.43. The molecule has 1 aliphatic heterocycles. The SMILES string of the molecule is COc1cc(OC)c2c(c1Cl)O[C@]1(C2=O)C(NCc2ccccn2)=CC(O)C[C@H]1C. The molecule has 2 N–H and O–H groups in total. The van der Waals surface area contributed by atoms with Gasteiger partial charge >= 0.3 is 0 Å². The Bertz CT molecular complexity index is 1010. The highest BCUT2D eigenvalue weighted by atomic mass is 35.5. The van der Waals surface area contributed by atoms with Crippen molar-refractivity contribution in [3.8, 4) is 17.2 Å². The van der Waals surface area contributed by atoms with Gasteiger partial charge in [0.2, 0.25) is 11.4 Å². The Labute approximate surface area is 179 Å². The highest BCUT2D eigenvalue weighted by molar-refractivity contribution is 6.35. The van der Waals surface area contributed by atoms with Crippen molar-refractivity contribution >= 4 is 17.4 Å². The number of Topliss-reactive ketones (excluding diaryl/α,β-unsaturated/α-hetero) is 1. The van der Waals surface area contributed by atoms with Crippen LogP contribution in [0.15, 0.2) is 42.2 Å². The fraction of sp³-hybridized carbons (Fsp3) is 0.364. The van der Waals surface area contributed by atoms with E-state index in [0.29, 0.717) is 30.2 Å². The lowest BCUT2D eigenvalue weighted by molar-refractivity contribution is 0.0255. The minimum absolute atomic E-state index is 0.209. The van der Waals surface area contributed by atoms with Gasteiger partial charge in [-0.15, -0.1) is 0 Å². The summed E-state index contributed by atoms with van der Waals surface area (Å²) in [5.74, 6) is 0.322. The van der Waals surface area contributed by atoms with Crippen LogP contribution < -0.4 is 19.5 Å². The predicted molar refractivity (Wildman–Crippen MR) is 111 cm³/mol. The van der Waals surface area contributed by atoms with E-state index in [1.807, 2.05) is 25.1 Å². The Morgan fingerprint density at radius 2 is 2.10 bits per heavy atom. The van der Waals surface area contributed by atoms with Gasteiger partial charge in [0.25, 0.3) is 0 Å². The molecule has 1 unspecified atom stereocenters. The molecule has 1 aromatic carbocycles. The number of carbonyl (C=O) groups is 1. The first kappa shape index (κ1) is 20.5. The van der Waals surface area contributed by atoms with Gasteiger partial charge in [0.1, 0.15) is 22.1 Å². The number of pyridine rings is 1. The maximum absolute atomic E-state index is 13.8. The van der Waals surface area contributed by atoms with E-state index >= 15 is 0 Å². The first-order valence-electron chi connectivity index (χ1n) is 9.64. The minimum Gasteiger partial charge on any atom is -0.496 e. The molecule has 0 radical (unpaired) electrons. The molecule has 2 aromatic rings. The Balaban J connectivity index is 1.79. The van der Waals surface area contributed by atoms with Crippen LogP contribution in [0.25, 0.3) is 0 Å². The average molecular weight is 431 g/mol. The van der Waals surface area contributed by atoms with Crippen molar-refractivity contribution in [1.82, 2.24) is 10.3 Å². The molecule has 1 aliphatic carbocycles. The summed E-state index contributed by atoms with van der Waals surface area (Å²) >= 11 is 6.49. The smallest absolute Gasteiger partial charge is 0.220 e. The van der Waals surface area contributed by atoms with Crippen molar-refractivity contribution in [1.29, 1.82) is 0 Å². The highest BCUT2D eigenvalue weighted by Gasteiger charge is 2.58. The van der Waals surface area contributed by atoms with Crippen LogP contribution in [0.3, 0.4) is 0 Å². The van der Waals surface area contributed by atoms with Crippen LogP contribution in [0.5, 0.6) is 17.2 Å². The van der Waals surface area contributed by atoms with Gasteiger partial charge in [0.15, 0.2) is 5.75 Å². The van der Waals surface area contributed by atoms with Gasteiger partial charge in [-0.3, -0.25) is 9.78 Å². The van der Waals surface area contributed by atoms with E-state index in [-0.39, 0.29) is 28.0 Å². The molecule has 0 amide bonds. The standard InChI is InChI=1S/C22H23ClN2O5/c1-12-8-14(26)9-17(25-11-13-6-4-5-7-24-13)22(12)21(27)18-15(28-2)10-16(29-3)19(23)20(18)30-22/h4-7,9-10,12,14,25-26H,8,11H2,1-3H3/t12-,14?,22+/m1/s1. The Morgan fingerprint density at radius 3 is 2.77 bits per heavy atom. The fourth-order valence-electron chi connectivity index (χ4n) is 4.16. The number of aliphatic hydroxyl groups excluding tert-OH is 1. The van der Waals surface area contributed by atoms with Gasteiger partial charge in [-0.25, -0.2) is 0 Å². The number of hydrogen-bond acceptors (Lipinski definition) is 7. The molecule has 1 aromatic heterocycles. The van der Waals surface area contributed by atoms with Gasteiger partial charge in [-0.1, -0.05) is 24.6 Å². The summed E-state index contributed by atoms with van der Waals surface area (Å²) in [7, 11) is 2.96. The fourth-order valence-corrected chi connectivity index (χ4v) is 4.42. The molecular formula is C22H23ClN2O5. The molecule has 0 saturated carbocycles. The number of nitrogens with zero attached hydrogens (tertiary/aromatic N) is 1. The molecular weight excluding hydrogens is 408 g/mol.